The van der Waals surface area contributed by atoms with Gasteiger partial charge in [0.05, 0.1) is 25.8 Å². The third-order valence-electron chi connectivity index (χ3n) is 6.47. The lowest BCUT2D eigenvalue weighted by atomic mass is 9.95. The number of carbonyl (C=O) groups is 2. The number of aliphatic hydroxyl groups is 1. The van der Waals surface area contributed by atoms with E-state index in [1.54, 1.807) is 20.3 Å². The van der Waals surface area contributed by atoms with Crippen LogP contribution in [0.3, 0.4) is 0 Å². The monoisotopic (exact) mass is 504 g/mol. The van der Waals surface area contributed by atoms with E-state index in [-0.39, 0.29) is 23.4 Å². The number of amides is 1. The molecule has 0 spiro atoms. The number of hydrogen-bond donors (Lipinski definition) is 1. The van der Waals surface area contributed by atoms with E-state index in [0.717, 1.165) is 11.3 Å². The molecule has 192 valence electrons. The predicted molar refractivity (Wildman–Crippen MR) is 139 cm³/mol. The largest absolute Gasteiger partial charge is 0.507 e. The number of halogens is 1. The summed E-state index contributed by atoms with van der Waals surface area (Å²) in [6.07, 6.45) is 0.441. The predicted octanol–water partition coefficient (Wildman–Crippen LogP) is 4.57. The van der Waals surface area contributed by atoms with E-state index in [0.29, 0.717) is 23.5 Å². The van der Waals surface area contributed by atoms with Gasteiger partial charge in [-0.25, -0.2) is 4.39 Å². The highest BCUT2D eigenvalue weighted by Crippen LogP contribution is 2.40. The Hall–Kier alpha value is -4.33. The summed E-state index contributed by atoms with van der Waals surface area (Å²) in [7, 11) is 6.93. The Morgan fingerprint density at radius 2 is 1.59 bits per heavy atom. The third-order valence-corrected chi connectivity index (χ3v) is 6.47. The first-order valence-electron chi connectivity index (χ1n) is 11.8. The molecule has 1 amide bonds. The molecule has 3 aromatic rings. The molecule has 1 saturated heterocycles. The number of likely N-dealkylation sites (tertiary alicyclic amines) is 1. The molecule has 0 aliphatic carbocycles. The molecule has 0 radical (unpaired) electrons. The van der Waals surface area contributed by atoms with Crippen molar-refractivity contribution in [1.29, 1.82) is 0 Å². The van der Waals surface area contributed by atoms with Crippen molar-refractivity contribution in [2.75, 3.05) is 39.8 Å². The minimum Gasteiger partial charge on any atom is -0.507 e. The van der Waals surface area contributed by atoms with Crippen LogP contribution in [0.1, 0.15) is 22.7 Å². The maximum Gasteiger partial charge on any atom is 0.295 e. The van der Waals surface area contributed by atoms with Gasteiger partial charge in [-0.15, -0.1) is 0 Å². The smallest absolute Gasteiger partial charge is 0.295 e. The molecule has 8 heteroatoms. The quantitative estimate of drug-likeness (QED) is 0.275. The summed E-state index contributed by atoms with van der Waals surface area (Å²) >= 11 is 0. The Labute approximate surface area is 215 Å². The zero-order valence-corrected chi connectivity index (χ0v) is 21.2. The lowest BCUT2D eigenvalue weighted by molar-refractivity contribution is -0.139. The molecule has 1 fully saturated rings. The van der Waals surface area contributed by atoms with Crippen LogP contribution in [0.25, 0.3) is 5.76 Å². The second-order valence-corrected chi connectivity index (χ2v) is 8.92. The number of rotatable bonds is 8. The van der Waals surface area contributed by atoms with Crippen molar-refractivity contribution in [3.8, 4) is 11.5 Å². The number of ketones is 1. The summed E-state index contributed by atoms with van der Waals surface area (Å²) in [6.45, 7) is 0.223. The maximum atomic E-state index is 13.5. The van der Waals surface area contributed by atoms with E-state index in [1.807, 2.05) is 55.4 Å². The van der Waals surface area contributed by atoms with Crippen LogP contribution in [0.4, 0.5) is 10.1 Å². The molecular formula is C29H29FN2O5. The molecule has 1 aliphatic heterocycles. The van der Waals surface area contributed by atoms with Crippen molar-refractivity contribution < 1.29 is 28.6 Å². The minimum absolute atomic E-state index is 0.0264. The lowest BCUT2D eigenvalue weighted by Gasteiger charge is -2.26. The van der Waals surface area contributed by atoms with E-state index in [9.17, 15) is 19.1 Å². The number of hydrogen-bond acceptors (Lipinski definition) is 6. The minimum atomic E-state index is -0.804. The molecule has 3 aromatic carbocycles. The highest BCUT2D eigenvalue weighted by molar-refractivity contribution is 6.46. The number of nitrogens with zero attached hydrogens (tertiary/aromatic N) is 2. The number of carbonyl (C=O) groups excluding carboxylic acids is 2. The van der Waals surface area contributed by atoms with Gasteiger partial charge in [-0.1, -0.05) is 18.2 Å². The van der Waals surface area contributed by atoms with Crippen LogP contribution in [0.2, 0.25) is 0 Å². The standard InChI is InChI=1S/C29H29FN2O5/c1-31(2)22-12-8-19(9-13-22)26-25(27(33)20-6-10-21(30)11-7-20)28(34)29(35)32(26)16-15-18-5-14-23(36-3)24(17-18)37-4/h5-14,17,26,33H,15-16H2,1-4H3/t26-/m1/s1. The average molecular weight is 505 g/mol. The summed E-state index contributed by atoms with van der Waals surface area (Å²) in [5.74, 6) is -1.14. The van der Waals surface area contributed by atoms with Crippen molar-refractivity contribution in [3.05, 3.63) is 94.8 Å². The molecule has 37 heavy (non-hydrogen) atoms. The number of Topliss-reactive ketones (excluding diaryl/α,β-unsaturated/α-hetero) is 1. The van der Waals surface area contributed by atoms with Gasteiger partial charge in [0, 0.05) is 31.9 Å². The first kappa shape index (κ1) is 25.8. The van der Waals surface area contributed by atoms with Gasteiger partial charge in [-0.05, 0) is 66.1 Å². The van der Waals surface area contributed by atoms with Gasteiger partial charge >= 0.3 is 0 Å². The normalized spacial score (nSPS) is 16.7. The number of methoxy groups -OCH3 is 2. The zero-order valence-electron chi connectivity index (χ0n) is 21.2. The topological polar surface area (TPSA) is 79.3 Å². The Morgan fingerprint density at radius 3 is 2.19 bits per heavy atom. The maximum absolute atomic E-state index is 13.5. The SMILES string of the molecule is COc1ccc(CCN2C(=O)C(=O)C(=C(O)c3ccc(F)cc3)[C@H]2c2ccc(N(C)C)cc2)cc1OC. The summed E-state index contributed by atoms with van der Waals surface area (Å²) in [4.78, 5) is 29.9. The molecule has 1 atom stereocenters. The fourth-order valence-electron chi connectivity index (χ4n) is 4.46. The van der Waals surface area contributed by atoms with Gasteiger partial charge in [0.2, 0.25) is 0 Å². The summed E-state index contributed by atoms with van der Waals surface area (Å²) < 4.78 is 24.2. The molecule has 1 heterocycles. The Morgan fingerprint density at radius 1 is 0.946 bits per heavy atom. The van der Waals surface area contributed by atoms with Crippen molar-refractivity contribution in [2.45, 2.75) is 12.5 Å². The van der Waals surface area contributed by atoms with Crippen LogP contribution >= 0.6 is 0 Å². The molecule has 0 aromatic heterocycles. The highest BCUT2D eigenvalue weighted by atomic mass is 19.1. The molecule has 0 saturated carbocycles. The molecular weight excluding hydrogens is 475 g/mol. The van der Waals surface area contributed by atoms with Crippen LogP contribution in [0.5, 0.6) is 11.5 Å². The van der Waals surface area contributed by atoms with Gasteiger partial charge < -0.3 is 24.4 Å². The van der Waals surface area contributed by atoms with Crippen LogP contribution in [-0.2, 0) is 16.0 Å². The lowest BCUT2D eigenvalue weighted by Crippen LogP contribution is -2.31. The van der Waals surface area contributed by atoms with Crippen molar-refractivity contribution in [2.24, 2.45) is 0 Å². The van der Waals surface area contributed by atoms with Gasteiger partial charge in [-0.2, -0.15) is 0 Å². The first-order valence-corrected chi connectivity index (χ1v) is 11.8. The first-order chi connectivity index (χ1) is 17.7. The summed E-state index contributed by atoms with van der Waals surface area (Å²) in [5.41, 5.74) is 2.75. The number of ether oxygens (including phenoxy) is 2. The molecule has 4 rings (SSSR count). The second kappa shape index (κ2) is 10.7. The highest BCUT2D eigenvalue weighted by Gasteiger charge is 2.45. The van der Waals surface area contributed by atoms with Gasteiger partial charge in [0.15, 0.2) is 11.5 Å². The third kappa shape index (κ3) is 5.14. The van der Waals surface area contributed by atoms with Crippen LogP contribution in [-0.4, -0.2) is 56.6 Å². The van der Waals surface area contributed by atoms with E-state index in [2.05, 4.69) is 0 Å². The molecule has 7 nitrogen and oxygen atoms in total. The van der Waals surface area contributed by atoms with E-state index in [1.165, 1.54) is 29.2 Å². The fourth-order valence-corrected chi connectivity index (χ4v) is 4.46. The Balaban J connectivity index is 1.75. The van der Waals surface area contributed by atoms with E-state index < -0.39 is 23.5 Å². The number of aliphatic hydroxyl groups excluding tert-OH is 1. The van der Waals surface area contributed by atoms with Crippen LogP contribution in [0, 0.1) is 5.82 Å². The van der Waals surface area contributed by atoms with Gasteiger partial charge in [-0.3, -0.25) is 9.59 Å². The Bertz CT molecular complexity index is 1330. The summed E-state index contributed by atoms with van der Waals surface area (Å²) in [6, 6.07) is 17.3. The molecule has 0 bridgehead atoms. The fraction of sp³-hybridized carbons (Fsp3) is 0.241. The second-order valence-electron chi connectivity index (χ2n) is 8.92. The van der Waals surface area contributed by atoms with E-state index in [4.69, 9.17) is 9.47 Å². The van der Waals surface area contributed by atoms with Crippen molar-refractivity contribution in [3.63, 3.8) is 0 Å². The molecule has 1 N–H and O–H groups in total. The van der Waals surface area contributed by atoms with Gasteiger partial charge in [0.25, 0.3) is 11.7 Å². The number of anilines is 1. The van der Waals surface area contributed by atoms with Gasteiger partial charge in [0.1, 0.15) is 11.6 Å². The molecule has 0 unspecified atom stereocenters. The van der Waals surface area contributed by atoms with Crippen LogP contribution < -0.4 is 14.4 Å². The van der Waals surface area contributed by atoms with Crippen LogP contribution in [0.15, 0.2) is 72.3 Å². The molecule has 1 aliphatic rings. The van der Waals surface area contributed by atoms with Crippen molar-refractivity contribution in [1.82, 2.24) is 4.90 Å². The Kier molecular flexibility index (Phi) is 7.47. The van der Waals surface area contributed by atoms with Crippen molar-refractivity contribution >= 4 is 23.1 Å². The van der Waals surface area contributed by atoms with E-state index >= 15 is 0 Å². The average Bonchev–Trinajstić information content (AvgIpc) is 3.16. The zero-order chi connectivity index (χ0) is 26.7. The summed E-state index contributed by atoms with van der Waals surface area (Å²) in [5, 5.41) is 11.1. The number of benzene rings is 3.